The van der Waals surface area contributed by atoms with Crippen LogP contribution in [0.1, 0.15) is 51.5 Å². The van der Waals surface area contributed by atoms with Gasteiger partial charge in [-0.1, -0.05) is 20.8 Å². The van der Waals surface area contributed by atoms with Crippen molar-refractivity contribution in [3.63, 3.8) is 0 Å². The third-order valence-corrected chi connectivity index (χ3v) is 3.46. The number of hydrogen-bond acceptors (Lipinski definition) is 3. The summed E-state index contributed by atoms with van der Waals surface area (Å²) in [6, 6.07) is 1.19. The van der Waals surface area contributed by atoms with Crippen molar-refractivity contribution in [1.29, 1.82) is 0 Å². The van der Waals surface area contributed by atoms with Crippen LogP contribution in [0.3, 0.4) is 0 Å². The summed E-state index contributed by atoms with van der Waals surface area (Å²) in [7, 11) is 0. The first-order valence-electron chi connectivity index (χ1n) is 7.36. The van der Waals surface area contributed by atoms with Crippen molar-refractivity contribution in [3.05, 3.63) is 22.4 Å². The molecular formula is C16H22BrF3N2O2. The van der Waals surface area contributed by atoms with Gasteiger partial charge in [-0.15, -0.1) is 0 Å². The van der Waals surface area contributed by atoms with Crippen molar-refractivity contribution in [3.8, 4) is 5.75 Å². The van der Waals surface area contributed by atoms with Crippen LogP contribution in [0.5, 0.6) is 5.75 Å². The summed E-state index contributed by atoms with van der Waals surface area (Å²) in [6.45, 7) is 8.50. The van der Waals surface area contributed by atoms with Crippen molar-refractivity contribution < 1.29 is 22.7 Å². The molecule has 4 nitrogen and oxygen atoms in total. The fraction of sp³-hybridized carbons (Fsp3) is 0.625. The molecule has 0 spiro atoms. The SMILES string of the molecule is CC(C)(C)CC(C)(C)NC(=O)c1cc(OCC(F)(F)F)c(Br)cn1. The van der Waals surface area contributed by atoms with Crippen LogP contribution < -0.4 is 10.1 Å². The molecule has 1 amide bonds. The lowest BCUT2D eigenvalue weighted by molar-refractivity contribution is -0.153. The summed E-state index contributed by atoms with van der Waals surface area (Å²) in [4.78, 5) is 16.3. The normalized spacial score (nSPS) is 12.9. The van der Waals surface area contributed by atoms with Gasteiger partial charge in [0.1, 0.15) is 11.4 Å². The molecule has 0 unspecified atom stereocenters. The van der Waals surface area contributed by atoms with Crippen LogP contribution in [-0.4, -0.2) is 29.2 Å². The number of pyridine rings is 1. The fourth-order valence-corrected chi connectivity index (χ4v) is 2.89. The molecule has 0 aliphatic carbocycles. The molecule has 0 aliphatic rings. The Hall–Kier alpha value is -1.31. The molecule has 136 valence electrons. The van der Waals surface area contributed by atoms with Crippen molar-refractivity contribution in [2.24, 2.45) is 5.41 Å². The minimum absolute atomic E-state index is 0.00245. The summed E-state index contributed by atoms with van der Waals surface area (Å²) in [5.41, 5.74) is -0.487. The Bertz CT molecular complexity index is 596. The Morgan fingerprint density at radius 1 is 1.25 bits per heavy atom. The number of rotatable bonds is 5. The highest BCUT2D eigenvalue weighted by molar-refractivity contribution is 9.10. The molecule has 0 fully saturated rings. The minimum Gasteiger partial charge on any atom is -0.483 e. The average molecular weight is 411 g/mol. The van der Waals surface area contributed by atoms with Crippen molar-refractivity contribution in [1.82, 2.24) is 10.3 Å². The predicted molar refractivity (Wildman–Crippen MR) is 89.1 cm³/mol. The molecule has 0 aliphatic heterocycles. The number of ether oxygens (including phenoxy) is 1. The second-order valence-corrected chi connectivity index (χ2v) is 8.33. The Labute approximate surface area is 148 Å². The average Bonchev–Trinajstić information content (AvgIpc) is 2.32. The van der Waals surface area contributed by atoms with Crippen LogP contribution in [0.2, 0.25) is 0 Å². The zero-order valence-corrected chi connectivity index (χ0v) is 15.9. The van der Waals surface area contributed by atoms with Gasteiger partial charge in [0.15, 0.2) is 6.61 Å². The molecule has 24 heavy (non-hydrogen) atoms. The van der Waals surface area contributed by atoms with Crippen molar-refractivity contribution in [2.75, 3.05) is 6.61 Å². The number of halogens is 4. The van der Waals surface area contributed by atoms with Gasteiger partial charge in [-0.05, 0) is 41.6 Å². The highest BCUT2D eigenvalue weighted by Crippen LogP contribution is 2.29. The van der Waals surface area contributed by atoms with Crippen LogP contribution in [0, 0.1) is 5.41 Å². The molecule has 0 bridgehead atoms. The van der Waals surface area contributed by atoms with E-state index in [9.17, 15) is 18.0 Å². The van der Waals surface area contributed by atoms with E-state index in [1.165, 1.54) is 12.3 Å². The second-order valence-electron chi connectivity index (χ2n) is 7.48. The van der Waals surface area contributed by atoms with Crippen LogP contribution in [-0.2, 0) is 0 Å². The maximum Gasteiger partial charge on any atom is 0.422 e. The lowest BCUT2D eigenvalue weighted by Gasteiger charge is -2.33. The number of carbonyl (C=O) groups is 1. The largest absolute Gasteiger partial charge is 0.483 e. The first-order valence-corrected chi connectivity index (χ1v) is 8.15. The van der Waals surface area contributed by atoms with E-state index in [0.717, 1.165) is 6.42 Å². The highest BCUT2D eigenvalue weighted by atomic mass is 79.9. The van der Waals surface area contributed by atoms with Crippen LogP contribution in [0.15, 0.2) is 16.7 Å². The van der Waals surface area contributed by atoms with E-state index in [-0.39, 0.29) is 21.3 Å². The first-order chi connectivity index (χ1) is 10.7. The smallest absolute Gasteiger partial charge is 0.422 e. The summed E-state index contributed by atoms with van der Waals surface area (Å²) in [5, 5.41) is 2.85. The molecule has 0 aromatic carbocycles. The Kier molecular flexibility index (Phi) is 6.30. The van der Waals surface area contributed by atoms with E-state index in [4.69, 9.17) is 4.74 Å². The topological polar surface area (TPSA) is 51.2 Å². The molecule has 8 heteroatoms. The van der Waals surface area contributed by atoms with Gasteiger partial charge < -0.3 is 10.1 Å². The predicted octanol–water partition coefficient (Wildman–Crippen LogP) is 4.73. The standard InChI is InChI=1S/C16H22BrF3N2O2/c1-14(2,3)8-15(4,5)22-13(23)11-6-12(10(17)7-21-11)24-9-16(18,19)20/h6-7H,8-9H2,1-5H3,(H,22,23). The number of carbonyl (C=O) groups excluding carboxylic acids is 1. The number of hydrogen-bond donors (Lipinski definition) is 1. The van der Waals surface area contributed by atoms with E-state index >= 15 is 0 Å². The van der Waals surface area contributed by atoms with Gasteiger partial charge in [0.05, 0.1) is 4.47 Å². The molecule has 1 rings (SSSR count). The molecular weight excluding hydrogens is 389 g/mol. The second kappa shape index (κ2) is 7.29. The summed E-state index contributed by atoms with van der Waals surface area (Å²) >= 11 is 3.06. The minimum atomic E-state index is -4.46. The van der Waals surface area contributed by atoms with Gasteiger partial charge in [-0.3, -0.25) is 4.79 Å². The fourth-order valence-electron chi connectivity index (χ4n) is 2.56. The maximum atomic E-state index is 12.3. The van der Waals surface area contributed by atoms with E-state index in [0.29, 0.717) is 0 Å². The quantitative estimate of drug-likeness (QED) is 0.762. The molecule has 1 heterocycles. The third kappa shape index (κ3) is 7.51. The zero-order chi connectivity index (χ0) is 18.8. The van der Waals surface area contributed by atoms with Gasteiger partial charge in [0.2, 0.25) is 0 Å². The first kappa shape index (κ1) is 20.7. The Balaban J connectivity index is 2.88. The van der Waals surface area contributed by atoms with E-state index in [1.807, 2.05) is 13.8 Å². The van der Waals surface area contributed by atoms with Gasteiger partial charge >= 0.3 is 6.18 Å². The number of nitrogens with one attached hydrogen (secondary N) is 1. The van der Waals surface area contributed by atoms with Gasteiger partial charge in [0, 0.05) is 17.8 Å². The van der Waals surface area contributed by atoms with Crippen LogP contribution in [0.4, 0.5) is 13.2 Å². The summed E-state index contributed by atoms with van der Waals surface area (Å²) < 4.78 is 41.8. The molecule has 0 saturated carbocycles. The molecule has 0 atom stereocenters. The molecule has 0 saturated heterocycles. The van der Waals surface area contributed by atoms with E-state index in [2.05, 4.69) is 47.0 Å². The van der Waals surface area contributed by atoms with Crippen molar-refractivity contribution >= 4 is 21.8 Å². The number of alkyl halides is 3. The van der Waals surface area contributed by atoms with Gasteiger partial charge in [0.25, 0.3) is 5.91 Å². The summed E-state index contributed by atoms with van der Waals surface area (Å²) in [6.07, 6.45) is -2.49. The van der Waals surface area contributed by atoms with E-state index in [1.54, 1.807) is 0 Å². The van der Waals surface area contributed by atoms with Crippen LogP contribution in [0.25, 0.3) is 0 Å². The monoisotopic (exact) mass is 410 g/mol. The van der Waals surface area contributed by atoms with E-state index < -0.39 is 24.2 Å². The Morgan fingerprint density at radius 2 is 1.83 bits per heavy atom. The molecule has 0 radical (unpaired) electrons. The van der Waals surface area contributed by atoms with Gasteiger partial charge in [-0.2, -0.15) is 13.2 Å². The highest BCUT2D eigenvalue weighted by Gasteiger charge is 2.30. The molecule has 1 aromatic heterocycles. The Morgan fingerprint density at radius 3 is 2.33 bits per heavy atom. The number of amides is 1. The van der Waals surface area contributed by atoms with Crippen molar-refractivity contribution in [2.45, 2.75) is 52.8 Å². The van der Waals surface area contributed by atoms with Crippen LogP contribution >= 0.6 is 15.9 Å². The lowest BCUT2D eigenvalue weighted by atomic mass is 9.82. The lowest BCUT2D eigenvalue weighted by Crippen LogP contribution is -2.46. The molecule has 1 N–H and O–H groups in total. The summed E-state index contributed by atoms with van der Waals surface area (Å²) in [5.74, 6) is -0.547. The molecule has 1 aromatic rings. The maximum absolute atomic E-state index is 12.3. The number of nitrogens with zero attached hydrogens (tertiary/aromatic N) is 1. The third-order valence-electron chi connectivity index (χ3n) is 2.87. The van der Waals surface area contributed by atoms with Gasteiger partial charge in [-0.25, -0.2) is 4.98 Å². The number of aromatic nitrogens is 1. The zero-order valence-electron chi connectivity index (χ0n) is 14.3.